The number of hydrogen-bond donors (Lipinski definition) is 2. The molecule has 1 saturated heterocycles. The number of rotatable bonds is 7. The molecule has 1 heterocycles. The zero-order valence-corrected chi connectivity index (χ0v) is 16.3. The van der Waals surface area contributed by atoms with E-state index in [9.17, 15) is 13.2 Å². The lowest BCUT2D eigenvalue weighted by molar-refractivity contribution is -0.132. The van der Waals surface area contributed by atoms with Crippen LogP contribution in [0.1, 0.15) is 50.7 Å². The van der Waals surface area contributed by atoms with Gasteiger partial charge in [-0.25, -0.2) is 4.99 Å². The van der Waals surface area contributed by atoms with Gasteiger partial charge in [-0.05, 0) is 44.4 Å². The minimum Gasteiger partial charge on any atom is -0.357 e. The average Bonchev–Trinajstić information content (AvgIpc) is 2.61. The van der Waals surface area contributed by atoms with E-state index in [2.05, 4.69) is 33.5 Å². The van der Waals surface area contributed by atoms with Crippen LogP contribution in [0.4, 0.5) is 13.2 Å². The molecule has 1 aliphatic heterocycles. The molecule has 7 heteroatoms. The third-order valence-electron chi connectivity index (χ3n) is 4.89. The molecule has 0 aliphatic carbocycles. The molecule has 0 radical (unpaired) electrons. The lowest BCUT2D eigenvalue weighted by Crippen LogP contribution is -2.39. The summed E-state index contributed by atoms with van der Waals surface area (Å²) in [6, 6.07) is 8.77. The second kappa shape index (κ2) is 10.5. The summed E-state index contributed by atoms with van der Waals surface area (Å²) in [4.78, 5) is 6.98. The molecule has 0 aromatic heterocycles. The maximum absolute atomic E-state index is 12.3. The molecule has 1 aromatic carbocycles. The molecule has 1 aromatic rings. The second-order valence-corrected chi connectivity index (χ2v) is 7.07. The van der Waals surface area contributed by atoms with Crippen molar-refractivity contribution in [3.05, 3.63) is 35.4 Å². The normalized spacial score (nSPS) is 19.1. The van der Waals surface area contributed by atoms with Crippen LogP contribution >= 0.6 is 0 Å². The topological polar surface area (TPSA) is 39.7 Å². The van der Waals surface area contributed by atoms with Crippen molar-refractivity contribution < 1.29 is 13.2 Å². The summed E-state index contributed by atoms with van der Waals surface area (Å²) in [5, 5.41) is 5.77. The first-order chi connectivity index (χ1) is 12.9. The lowest BCUT2D eigenvalue weighted by Gasteiger charge is -2.33. The third kappa shape index (κ3) is 7.79. The number of likely N-dealkylation sites (tertiary alicyclic amines) is 1. The molecule has 27 heavy (non-hydrogen) atoms. The van der Waals surface area contributed by atoms with Crippen molar-refractivity contribution in [3.8, 4) is 0 Å². The van der Waals surface area contributed by atoms with Gasteiger partial charge in [0.25, 0.3) is 0 Å². The molecule has 0 spiro atoms. The van der Waals surface area contributed by atoms with Crippen LogP contribution in [0.5, 0.6) is 0 Å². The van der Waals surface area contributed by atoms with Gasteiger partial charge in [0.1, 0.15) is 0 Å². The molecule has 1 unspecified atom stereocenters. The van der Waals surface area contributed by atoms with Crippen LogP contribution in [0.15, 0.2) is 29.3 Å². The summed E-state index contributed by atoms with van der Waals surface area (Å²) in [6.07, 6.45) is -1.28. The molecule has 2 N–H and O–H groups in total. The number of piperidine rings is 1. The Labute approximate surface area is 160 Å². The fraction of sp³-hybridized carbons (Fsp3) is 0.650. The monoisotopic (exact) mass is 384 g/mol. The van der Waals surface area contributed by atoms with Gasteiger partial charge >= 0.3 is 6.18 Å². The molecule has 1 aliphatic rings. The number of hydrogen-bond acceptors (Lipinski definition) is 2. The first-order valence-electron chi connectivity index (χ1n) is 9.79. The van der Waals surface area contributed by atoms with Crippen molar-refractivity contribution in [1.82, 2.24) is 15.5 Å². The van der Waals surface area contributed by atoms with Crippen molar-refractivity contribution in [2.75, 3.05) is 19.6 Å². The van der Waals surface area contributed by atoms with Gasteiger partial charge in [-0.3, -0.25) is 4.90 Å². The highest BCUT2D eigenvalue weighted by atomic mass is 19.4. The van der Waals surface area contributed by atoms with Crippen LogP contribution in [0, 0.1) is 0 Å². The van der Waals surface area contributed by atoms with Crippen LogP contribution in [0.3, 0.4) is 0 Å². The van der Waals surface area contributed by atoms with E-state index >= 15 is 0 Å². The van der Waals surface area contributed by atoms with Crippen molar-refractivity contribution in [1.29, 1.82) is 0 Å². The zero-order chi connectivity index (χ0) is 19.7. The van der Waals surface area contributed by atoms with E-state index in [1.807, 2.05) is 25.1 Å². The number of halogens is 3. The molecular weight excluding hydrogens is 353 g/mol. The Kier molecular flexibility index (Phi) is 8.41. The zero-order valence-electron chi connectivity index (χ0n) is 16.3. The standard InChI is InChI=1S/C20H31F3N4/c1-3-24-19(25-12-11-20(21,22)23)26-14-17-9-4-5-10-18(17)15-27-13-7-6-8-16(27)2/h4-5,9-10,16H,3,6-8,11-15H2,1-2H3,(H2,24,25,26). The minimum absolute atomic E-state index is 0.178. The summed E-state index contributed by atoms with van der Waals surface area (Å²) >= 11 is 0. The van der Waals surface area contributed by atoms with Crippen molar-refractivity contribution in [2.24, 2.45) is 4.99 Å². The van der Waals surface area contributed by atoms with Gasteiger partial charge in [0.15, 0.2) is 5.96 Å². The molecule has 1 fully saturated rings. The van der Waals surface area contributed by atoms with Gasteiger partial charge in [-0.1, -0.05) is 30.7 Å². The van der Waals surface area contributed by atoms with Gasteiger partial charge in [0, 0.05) is 25.7 Å². The maximum Gasteiger partial charge on any atom is 0.390 e. The molecule has 0 saturated carbocycles. The number of alkyl halides is 3. The van der Waals surface area contributed by atoms with E-state index in [-0.39, 0.29) is 6.54 Å². The number of nitrogens with one attached hydrogen (secondary N) is 2. The Hall–Kier alpha value is -1.76. The summed E-state index contributed by atoms with van der Waals surface area (Å²) < 4.78 is 37.0. The Bertz CT molecular complexity index is 601. The van der Waals surface area contributed by atoms with Crippen molar-refractivity contribution in [3.63, 3.8) is 0 Å². The number of guanidine groups is 1. The van der Waals surface area contributed by atoms with Crippen molar-refractivity contribution >= 4 is 5.96 Å². The highest BCUT2D eigenvalue weighted by Gasteiger charge is 2.26. The fourth-order valence-corrected chi connectivity index (χ4v) is 3.31. The molecule has 2 rings (SSSR count). The van der Waals surface area contributed by atoms with E-state index < -0.39 is 12.6 Å². The molecular formula is C20H31F3N4. The highest BCUT2D eigenvalue weighted by Crippen LogP contribution is 2.21. The Morgan fingerprint density at radius 2 is 1.93 bits per heavy atom. The highest BCUT2D eigenvalue weighted by molar-refractivity contribution is 5.79. The molecule has 1 atom stereocenters. The number of benzene rings is 1. The van der Waals surface area contributed by atoms with Crippen molar-refractivity contribution in [2.45, 2.75) is 64.8 Å². The van der Waals surface area contributed by atoms with Gasteiger partial charge in [0.2, 0.25) is 0 Å². The summed E-state index contributed by atoms with van der Waals surface area (Å²) in [5.74, 6) is 0.419. The van der Waals surface area contributed by atoms with E-state index in [1.165, 1.54) is 24.8 Å². The number of aliphatic imine (C=N–C) groups is 1. The predicted molar refractivity (Wildman–Crippen MR) is 104 cm³/mol. The van der Waals surface area contributed by atoms with E-state index in [4.69, 9.17) is 0 Å². The van der Waals surface area contributed by atoms with Crippen LogP contribution in [-0.2, 0) is 13.1 Å². The van der Waals surface area contributed by atoms with Gasteiger partial charge in [-0.2, -0.15) is 13.2 Å². The van der Waals surface area contributed by atoms with E-state index in [0.29, 0.717) is 25.1 Å². The summed E-state index contributed by atoms with van der Waals surface area (Å²) in [7, 11) is 0. The number of nitrogens with zero attached hydrogens (tertiary/aromatic N) is 2. The Balaban J connectivity index is 2.00. The van der Waals surface area contributed by atoms with E-state index in [1.54, 1.807) is 0 Å². The van der Waals surface area contributed by atoms with E-state index in [0.717, 1.165) is 18.7 Å². The molecule has 0 amide bonds. The van der Waals surface area contributed by atoms with Gasteiger partial charge < -0.3 is 10.6 Å². The van der Waals surface area contributed by atoms with Crippen LogP contribution in [-0.4, -0.2) is 42.7 Å². The predicted octanol–water partition coefficient (Wildman–Crippen LogP) is 4.07. The summed E-state index contributed by atoms with van der Waals surface area (Å²) in [5.41, 5.74) is 2.35. The molecule has 4 nitrogen and oxygen atoms in total. The largest absolute Gasteiger partial charge is 0.390 e. The fourth-order valence-electron chi connectivity index (χ4n) is 3.31. The first-order valence-corrected chi connectivity index (χ1v) is 9.79. The minimum atomic E-state index is -4.16. The average molecular weight is 384 g/mol. The Morgan fingerprint density at radius 1 is 1.19 bits per heavy atom. The maximum atomic E-state index is 12.3. The van der Waals surface area contributed by atoms with Gasteiger partial charge in [-0.15, -0.1) is 0 Å². The molecule has 0 bridgehead atoms. The first kappa shape index (κ1) is 21.5. The summed E-state index contributed by atoms with van der Waals surface area (Å²) in [6.45, 7) is 7.04. The van der Waals surface area contributed by atoms with Crippen LogP contribution < -0.4 is 10.6 Å². The SMILES string of the molecule is CCNC(=NCc1ccccc1CN1CCCCC1C)NCCC(F)(F)F. The lowest BCUT2D eigenvalue weighted by atomic mass is 10.0. The smallest absolute Gasteiger partial charge is 0.357 e. The van der Waals surface area contributed by atoms with Crippen LogP contribution in [0.2, 0.25) is 0 Å². The third-order valence-corrected chi connectivity index (χ3v) is 4.89. The molecule has 152 valence electrons. The van der Waals surface area contributed by atoms with Crippen LogP contribution in [0.25, 0.3) is 0 Å². The Morgan fingerprint density at radius 3 is 2.59 bits per heavy atom. The quantitative estimate of drug-likeness (QED) is 0.550. The second-order valence-electron chi connectivity index (χ2n) is 7.07. The van der Waals surface area contributed by atoms with Gasteiger partial charge in [0.05, 0.1) is 13.0 Å².